The van der Waals surface area contributed by atoms with E-state index in [9.17, 15) is 28.8 Å². The summed E-state index contributed by atoms with van der Waals surface area (Å²) in [5.41, 5.74) is 5.44. The Bertz CT molecular complexity index is 4760. The molecule has 0 N–H and O–H groups in total. The monoisotopic (exact) mass is 1850 g/mol. The quantitative estimate of drug-likeness (QED) is 0.0150. The van der Waals surface area contributed by atoms with Gasteiger partial charge in [0.2, 0.25) is 0 Å². The van der Waals surface area contributed by atoms with Crippen molar-refractivity contribution >= 4 is 52.0 Å². The molecule has 0 aliphatic rings. The molecule has 18 nitrogen and oxygen atoms in total. The molecule has 0 saturated carbocycles. The molecule has 134 heavy (non-hydrogen) atoms. The van der Waals surface area contributed by atoms with Gasteiger partial charge < -0.3 is 56.8 Å². The molecule has 714 valence electrons. The average molecular weight is 1860 g/mol. The highest BCUT2D eigenvalue weighted by Crippen LogP contribution is 2.33. The van der Waals surface area contributed by atoms with E-state index in [4.69, 9.17) is 56.8 Å². The van der Waals surface area contributed by atoms with Gasteiger partial charge in [0.15, 0.2) is 0 Å². The topological polar surface area (TPSA) is 213 Å². The first-order valence-electron chi connectivity index (χ1n) is 49.3. The zero-order valence-electron chi connectivity index (χ0n) is 80.1. The van der Waals surface area contributed by atoms with Crippen molar-refractivity contribution in [1.82, 2.24) is 0 Å². The molecule has 0 heterocycles. The molecular weight excluding hydrogens is 1710 g/mol. The number of esters is 6. The molecule has 0 radical (unpaired) electrons. The summed E-state index contributed by atoms with van der Waals surface area (Å²) in [5, 5.41) is 0. The third kappa shape index (κ3) is 40.0. The molecule has 0 amide bonds. The molecule has 0 aromatic heterocycles. The Hall–Kier alpha value is -11.4. The molecule has 0 fully saturated rings. The van der Waals surface area contributed by atoms with E-state index in [1.807, 2.05) is 36.4 Å². The van der Waals surface area contributed by atoms with E-state index in [1.54, 1.807) is 206 Å². The van der Waals surface area contributed by atoms with Crippen LogP contribution in [0, 0.1) is 0 Å². The van der Waals surface area contributed by atoms with Gasteiger partial charge in [-0.05, 0) is 281 Å². The average Bonchev–Trinajstić information content (AvgIpc) is 0.773. The van der Waals surface area contributed by atoms with Gasteiger partial charge in [0, 0.05) is 42.6 Å². The molecule has 0 atom stereocenters. The zero-order valence-corrected chi connectivity index (χ0v) is 82.1. The number of ether oxygens (including phenoxy) is 12. The van der Waals surface area contributed by atoms with E-state index in [2.05, 4.69) is 40.0 Å². The summed E-state index contributed by atoms with van der Waals surface area (Å²) in [6.45, 7) is 20.4. The summed E-state index contributed by atoms with van der Waals surface area (Å²) < 4.78 is 70.1. The van der Waals surface area contributed by atoms with E-state index >= 15 is 0 Å². The molecule has 0 unspecified atom stereocenters. The predicted octanol–water partition coefficient (Wildman–Crippen LogP) is 29.7. The Morgan fingerprint density at radius 1 is 0.194 bits per heavy atom. The highest BCUT2D eigenvalue weighted by atomic mass is 28.3. The van der Waals surface area contributed by atoms with Crippen LogP contribution in [0.2, 0.25) is 50.4 Å². The summed E-state index contributed by atoms with van der Waals surface area (Å²) in [5.74, 6) is 1.77. The van der Waals surface area contributed by atoms with Crippen LogP contribution in [0.5, 0.6) is 57.5 Å². The summed E-state index contributed by atoms with van der Waals surface area (Å²) >= 11 is 0. The Labute approximate surface area is 798 Å². The van der Waals surface area contributed by atoms with Gasteiger partial charge in [0.25, 0.3) is 0 Å². The first kappa shape index (κ1) is 105. The van der Waals surface area contributed by atoms with Crippen LogP contribution >= 0.6 is 0 Å². The van der Waals surface area contributed by atoms with Crippen LogP contribution in [0.4, 0.5) is 0 Å². The van der Waals surface area contributed by atoms with Gasteiger partial charge in [-0.25, -0.2) is 28.8 Å². The number of benzene rings is 10. The fourth-order valence-electron chi connectivity index (χ4n) is 15.7. The van der Waals surface area contributed by atoms with Crippen LogP contribution in [0.1, 0.15) is 269 Å². The Balaban J connectivity index is 0.490. The van der Waals surface area contributed by atoms with Crippen molar-refractivity contribution in [2.45, 2.75) is 257 Å². The number of carbonyl (C=O) groups is 6. The third-order valence-corrected chi connectivity index (χ3v) is 31.2. The van der Waals surface area contributed by atoms with Gasteiger partial charge in [-0.15, -0.1) is 0 Å². The summed E-state index contributed by atoms with van der Waals surface area (Å²) in [6.07, 6.45) is 35.7. The lowest BCUT2D eigenvalue weighted by atomic mass is 10.1. The van der Waals surface area contributed by atoms with Crippen LogP contribution in [-0.2, 0) is 9.47 Å². The lowest BCUT2D eigenvalue weighted by Gasteiger charge is -2.29. The molecule has 10 aromatic rings. The normalized spacial score (nSPS) is 11.4. The van der Waals surface area contributed by atoms with Crippen LogP contribution < -0.4 is 47.4 Å². The molecule has 0 aliphatic carbocycles. The van der Waals surface area contributed by atoms with Gasteiger partial charge in [0.1, 0.15) is 57.5 Å². The Morgan fingerprint density at radius 3 is 0.642 bits per heavy atom. The molecule has 20 heteroatoms. The molecule has 0 saturated heterocycles. The zero-order chi connectivity index (χ0) is 94.5. The van der Waals surface area contributed by atoms with Crippen molar-refractivity contribution in [2.24, 2.45) is 0 Å². The van der Waals surface area contributed by atoms with Crippen molar-refractivity contribution in [1.29, 1.82) is 0 Å². The second kappa shape index (κ2) is 59.3. The van der Waals surface area contributed by atoms with Crippen molar-refractivity contribution in [3.05, 3.63) is 276 Å². The van der Waals surface area contributed by atoms with E-state index < -0.39 is 52.0 Å². The van der Waals surface area contributed by atoms with E-state index in [1.165, 1.54) is 127 Å². The number of unbranched alkanes of at least 4 members (excludes halogenated alkanes) is 24. The Morgan fingerprint density at radius 2 is 0.396 bits per heavy atom. The maximum atomic E-state index is 13.2. The molecule has 10 aromatic carbocycles. The minimum atomic E-state index is -1.31. The van der Waals surface area contributed by atoms with Gasteiger partial charge in [-0.1, -0.05) is 241 Å². The summed E-state index contributed by atoms with van der Waals surface area (Å²) in [4.78, 5) is 78.6. The minimum Gasteiger partial charge on any atom is -0.494 e. The van der Waals surface area contributed by atoms with Crippen LogP contribution in [0.3, 0.4) is 0 Å². The van der Waals surface area contributed by atoms with E-state index in [0.29, 0.717) is 106 Å². The largest absolute Gasteiger partial charge is 0.494 e. The Kier molecular flexibility index (Phi) is 46.3. The molecule has 0 spiro atoms. The number of hydrogen-bond acceptors (Lipinski definition) is 18. The van der Waals surface area contributed by atoms with Crippen molar-refractivity contribution in [3.63, 3.8) is 0 Å². The van der Waals surface area contributed by atoms with Gasteiger partial charge >= 0.3 is 35.8 Å². The molecule has 0 bridgehead atoms. The maximum absolute atomic E-state index is 13.2. The number of hydrogen-bond donors (Lipinski definition) is 0. The standard InChI is InChI=1S/C114H142O18Si2/c1-7-9-11-13-15-17-19-21-23-31-79-123-99-59-51-93(52-60-99)111(117)129-105-71-55-95(56-72-105)113(119)131-107-41-35-39-97(87-107)89-43-67-103(68-44-89)127-109(115)91-47-63-101(64-48-91)125-81-33-27-25-29-75-121-77-37-83-133(3,4)85-86-134(5,6)84-38-78-122-76-30-26-28-34-82-126-102-65-49-92(50-66-102)110(116)128-104-69-45-90(46-70-104)98-40-36-42-108(88-98)132-114(120)96-57-73-106(74-58-96)130-112(118)94-53-61-100(62-54-94)124-80-32-24-22-20-18-16-14-12-10-8-2/h35-36,39-74,87-88H,7-34,37-38,75-86H2,1-6H3. The fraction of sp³-hybridized carbons (Fsp3) is 0.421. The SMILES string of the molecule is CCCCCCCCCCCCOc1ccc(C(=O)Oc2ccc(C(=O)Oc3cccc(-c4ccc(OC(=O)c5ccc(OCCCCCCOCCC[Si](C)(C)CC[Si](C)(C)CCCOCCCCCCOc6ccc(C(=O)Oc7ccc(-c8cccc(OC(=O)c9ccc(OC(=O)c%10ccc(OCCCCCCCCCCCC)cc%10)cc9)c8)cc7)cc6)cc5)cc4)c3)cc2)cc1. The maximum Gasteiger partial charge on any atom is 0.343 e. The van der Waals surface area contributed by atoms with Crippen LogP contribution in [0.15, 0.2) is 243 Å². The van der Waals surface area contributed by atoms with Gasteiger partial charge in [-0.3, -0.25) is 0 Å². The summed E-state index contributed by atoms with van der Waals surface area (Å²) in [6, 6.07) is 74.3. The number of rotatable bonds is 65. The van der Waals surface area contributed by atoms with Crippen LogP contribution in [-0.4, -0.2) is 105 Å². The van der Waals surface area contributed by atoms with E-state index in [0.717, 1.165) is 139 Å². The highest BCUT2D eigenvalue weighted by molar-refractivity contribution is 6.82. The molecule has 0 aliphatic heterocycles. The second-order valence-electron chi connectivity index (χ2n) is 36.4. The van der Waals surface area contributed by atoms with Crippen molar-refractivity contribution < 1.29 is 85.6 Å². The second-order valence-corrected chi connectivity index (χ2v) is 47.1. The predicted molar refractivity (Wildman–Crippen MR) is 540 cm³/mol. The van der Waals surface area contributed by atoms with E-state index in [-0.39, 0.29) is 11.1 Å². The fourth-order valence-corrected chi connectivity index (χ4v) is 23.8. The lowest BCUT2D eigenvalue weighted by Crippen LogP contribution is -2.32. The van der Waals surface area contributed by atoms with Gasteiger partial charge in [0.05, 0.1) is 59.8 Å². The summed E-state index contributed by atoms with van der Waals surface area (Å²) in [7, 11) is -2.63. The smallest absolute Gasteiger partial charge is 0.343 e. The molecular formula is C114H142O18Si2. The van der Waals surface area contributed by atoms with Crippen LogP contribution in [0.25, 0.3) is 22.3 Å². The van der Waals surface area contributed by atoms with Crippen molar-refractivity contribution in [3.8, 4) is 79.7 Å². The van der Waals surface area contributed by atoms with Crippen molar-refractivity contribution in [2.75, 3.05) is 52.9 Å². The molecule has 10 rings (SSSR count). The lowest BCUT2D eigenvalue weighted by molar-refractivity contribution is 0.0720. The van der Waals surface area contributed by atoms with Gasteiger partial charge in [-0.2, -0.15) is 0 Å². The first-order chi connectivity index (χ1) is 65.3. The highest BCUT2D eigenvalue weighted by Gasteiger charge is 2.28. The minimum absolute atomic E-state index is 0.290. The number of carbonyl (C=O) groups excluding carboxylic acids is 6. The first-order valence-corrected chi connectivity index (χ1v) is 56.2. The third-order valence-electron chi connectivity index (χ3n) is 24.0.